The number of anilines is 4. The zero-order valence-electron chi connectivity index (χ0n) is 16.4. The van der Waals surface area contributed by atoms with Gasteiger partial charge in [0.05, 0.1) is 0 Å². The number of aryl methyl sites for hydroxylation is 1. The van der Waals surface area contributed by atoms with Gasteiger partial charge in [-0.2, -0.15) is 5.26 Å². The standard InChI is InChI=1S/C24H22N4O/c1-17-7-6-10-23(18(17)2)28-24(29)19(15-25)16-26-20-11-13-22(14-12-20)27-21-8-4-3-5-9-21/h3-14,16,26-27H,1-2H3,(H,28,29)/b19-16-. The topological polar surface area (TPSA) is 77.0 Å². The molecule has 0 aliphatic carbocycles. The molecule has 0 saturated heterocycles. The SMILES string of the molecule is Cc1cccc(NC(=O)/C(C#N)=C\Nc2ccc(Nc3ccccc3)cc2)c1C. The Bertz CT molecular complexity index is 1060. The van der Waals surface area contributed by atoms with E-state index >= 15 is 0 Å². The normalized spacial score (nSPS) is 10.7. The molecule has 3 aromatic carbocycles. The molecular formula is C24H22N4O. The van der Waals surface area contributed by atoms with Crippen molar-refractivity contribution in [2.75, 3.05) is 16.0 Å². The molecule has 0 radical (unpaired) electrons. The first-order valence-electron chi connectivity index (χ1n) is 9.23. The first-order valence-corrected chi connectivity index (χ1v) is 9.23. The fourth-order valence-corrected chi connectivity index (χ4v) is 2.72. The zero-order valence-corrected chi connectivity index (χ0v) is 16.4. The molecule has 0 aliphatic rings. The predicted molar refractivity (Wildman–Crippen MR) is 118 cm³/mol. The van der Waals surface area contributed by atoms with Crippen molar-refractivity contribution in [3.8, 4) is 6.07 Å². The van der Waals surface area contributed by atoms with Crippen LogP contribution in [0.3, 0.4) is 0 Å². The summed E-state index contributed by atoms with van der Waals surface area (Å²) in [6, 6.07) is 25.1. The molecule has 5 nitrogen and oxygen atoms in total. The van der Waals surface area contributed by atoms with E-state index in [1.54, 1.807) is 0 Å². The molecule has 1 amide bonds. The van der Waals surface area contributed by atoms with E-state index in [2.05, 4.69) is 16.0 Å². The Morgan fingerprint density at radius 3 is 2.21 bits per heavy atom. The van der Waals surface area contributed by atoms with Crippen LogP contribution in [0.1, 0.15) is 11.1 Å². The number of nitrogens with zero attached hydrogens (tertiary/aromatic N) is 1. The van der Waals surface area contributed by atoms with Gasteiger partial charge in [-0.15, -0.1) is 0 Å². The van der Waals surface area contributed by atoms with E-state index in [0.717, 1.165) is 28.2 Å². The van der Waals surface area contributed by atoms with E-state index in [-0.39, 0.29) is 5.57 Å². The number of hydrogen-bond donors (Lipinski definition) is 3. The van der Waals surface area contributed by atoms with Crippen molar-refractivity contribution in [3.05, 3.63) is 95.7 Å². The van der Waals surface area contributed by atoms with Gasteiger partial charge in [0, 0.05) is 28.9 Å². The van der Waals surface area contributed by atoms with Crippen molar-refractivity contribution in [1.29, 1.82) is 5.26 Å². The number of para-hydroxylation sites is 1. The number of carbonyl (C=O) groups is 1. The summed E-state index contributed by atoms with van der Waals surface area (Å²) in [6.45, 7) is 3.91. The maximum Gasteiger partial charge on any atom is 0.267 e. The smallest absolute Gasteiger partial charge is 0.267 e. The number of amides is 1. The summed E-state index contributed by atoms with van der Waals surface area (Å²) < 4.78 is 0. The van der Waals surface area contributed by atoms with Crippen LogP contribution in [0.2, 0.25) is 0 Å². The van der Waals surface area contributed by atoms with Crippen LogP contribution in [-0.4, -0.2) is 5.91 Å². The van der Waals surface area contributed by atoms with Gasteiger partial charge in [-0.05, 0) is 67.4 Å². The van der Waals surface area contributed by atoms with Gasteiger partial charge in [0.1, 0.15) is 11.6 Å². The lowest BCUT2D eigenvalue weighted by molar-refractivity contribution is -0.112. The summed E-state index contributed by atoms with van der Waals surface area (Å²) in [4.78, 5) is 12.4. The number of nitrogens with one attached hydrogen (secondary N) is 3. The minimum atomic E-state index is -0.448. The highest BCUT2D eigenvalue weighted by atomic mass is 16.1. The van der Waals surface area contributed by atoms with E-state index in [1.165, 1.54) is 6.20 Å². The third-order valence-electron chi connectivity index (χ3n) is 4.55. The minimum Gasteiger partial charge on any atom is -0.360 e. The molecule has 0 aliphatic heterocycles. The maximum absolute atomic E-state index is 12.4. The number of hydrogen-bond acceptors (Lipinski definition) is 4. The van der Waals surface area contributed by atoms with Crippen molar-refractivity contribution in [2.24, 2.45) is 0 Å². The Labute approximate surface area is 170 Å². The van der Waals surface area contributed by atoms with E-state index < -0.39 is 5.91 Å². The number of carbonyl (C=O) groups excluding carboxylic acids is 1. The van der Waals surface area contributed by atoms with E-state index in [1.807, 2.05) is 92.7 Å². The third-order valence-corrected chi connectivity index (χ3v) is 4.55. The van der Waals surface area contributed by atoms with Crippen LogP contribution >= 0.6 is 0 Å². The number of rotatable bonds is 6. The summed E-state index contributed by atoms with van der Waals surface area (Å²) in [7, 11) is 0. The summed E-state index contributed by atoms with van der Waals surface area (Å²) in [5.41, 5.74) is 5.47. The first-order chi connectivity index (χ1) is 14.1. The molecule has 3 N–H and O–H groups in total. The molecule has 0 saturated carbocycles. The molecule has 0 heterocycles. The molecule has 3 rings (SSSR count). The van der Waals surface area contributed by atoms with Crippen LogP contribution in [0.25, 0.3) is 0 Å². The van der Waals surface area contributed by atoms with Gasteiger partial charge in [0.15, 0.2) is 0 Å². The van der Waals surface area contributed by atoms with Gasteiger partial charge in [0.2, 0.25) is 0 Å². The predicted octanol–water partition coefficient (Wildman–Crippen LogP) is 5.51. The molecule has 0 unspecified atom stereocenters. The van der Waals surface area contributed by atoms with Gasteiger partial charge in [0.25, 0.3) is 5.91 Å². The first kappa shape index (κ1) is 19.7. The van der Waals surface area contributed by atoms with E-state index in [9.17, 15) is 10.1 Å². The van der Waals surface area contributed by atoms with Crippen LogP contribution in [0, 0.1) is 25.2 Å². The molecular weight excluding hydrogens is 360 g/mol. The summed E-state index contributed by atoms with van der Waals surface area (Å²) in [5.74, 6) is -0.448. The average molecular weight is 382 g/mol. The highest BCUT2D eigenvalue weighted by Gasteiger charge is 2.11. The van der Waals surface area contributed by atoms with Crippen LogP contribution in [0.5, 0.6) is 0 Å². The van der Waals surface area contributed by atoms with Crippen molar-refractivity contribution < 1.29 is 4.79 Å². The van der Waals surface area contributed by atoms with Gasteiger partial charge < -0.3 is 16.0 Å². The van der Waals surface area contributed by atoms with E-state index in [4.69, 9.17) is 0 Å². The van der Waals surface area contributed by atoms with Crippen LogP contribution < -0.4 is 16.0 Å². The lowest BCUT2D eigenvalue weighted by atomic mass is 10.1. The summed E-state index contributed by atoms with van der Waals surface area (Å²) in [5, 5.41) is 18.5. The zero-order chi connectivity index (χ0) is 20.6. The number of benzene rings is 3. The second-order valence-electron chi connectivity index (χ2n) is 6.58. The van der Waals surface area contributed by atoms with Crippen molar-refractivity contribution in [1.82, 2.24) is 0 Å². The van der Waals surface area contributed by atoms with Gasteiger partial charge in [-0.3, -0.25) is 4.79 Å². The quantitative estimate of drug-likeness (QED) is 0.388. The van der Waals surface area contributed by atoms with Crippen molar-refractivity contribution in [2.45, 2.75) is 13.8 Å². The second kappa shape index (κ2) is 9.25. The average Bonchev–Trinajstić information content (AvgIpc) is 2.74. The van der Waals surface area contributed by atoms with Crippen LogP contribution in [0.4, 0.5) is 22.7 Å². The summed E-state index contributed by atoms with van der Waals surface area (Å²) >= 11 is 0. The summed E-state index contributed by atoms with van der Waals surface area (Å²) in [6.07, 6.45) is 1.42. The van der Waals surface area contributed by atoms with Gasteiger partial charge >= 0.3 is 0 Å². The maximum atomic E-state index is 12.4. The third kappa shape index (κ3) is 5.24. The molecule has 29 heavy (non-hydrogen) atoms. The monoisotopic (exact) mass is 382 g/mol. The highest BCUT2D eigenvalue weighted by molar-refractivity contribution is 6.07. The largest absolute Gasteiger partial charge is 0.360 e. The van der Waals surface area contributed by atoms with Crippen molar-refractivity contribution in [3.63, 3.8) is 0 Å². The fraction of sp³-hybridized carbons (Fsp3) is 0.0833. The highest BCUT2D eigenvalue weighted by Crippen LogP contribution is 2.20. The van der Waals surface area contributed by atoms with Gasteiger partial charge in [-0.25, -0.2) is 0 Å². The molecule has 0 spiro atoms. The molecule has 0 atom stereocenters. The lowest BCUT2D eigenvalue weighted by Gasteiger charge is -2.10. The molecule has 3 aromatic rings. The Hall–Kier alpha value is -4.04. The Balaban J connectivity index is 1.64. The minimum absolute atomic E-state index is 0.00241. The Kier molecular flexibility index (Phi) is 6.29. The Morgan fingerprint density at radius 2 is 1.52 bits per heavy atom. The lowest BCUT2D eigenvalue weighted by Crippen LogP contribution is -2.15. The van der Waals surface area contributed by atoms with E-state index in [0.29, 0.717) is 5.69 Å². The molecule has 5 heteroatoms. The second-order valence-corrected chi connectivity index (χ2v) is 6.58. The van der Waals surface area contributed by atoms with Gasteiger partial charge in [-0.1, -0.05) is 30.3 Å². The molecule has 0 aromatic heterocycles. The van der Waals surface area contributed by atoms with Crippen LogP contribution in [0.15, 0.2) is 84.6 Å². The fourth-order valence-electron chi connectivity index (χ4n) is 2.72. The Morgan fingerprint density at radius 1 is 0.862 bits per heavy atom. The molecule has 0 bridgehead atoms. The molecule has 144 valence electrons. The molecule has 0 fully saturated rings. The number of nitriles is 1. The van der Waals surface area contributed by atoms with Crippen LogP contribution in [-0.2, 0) is 4.79 Å². The van der Waals surface area contributed by atoms with Crippen molar-refractivity contribution >= 4 is 28.7 Å².